The third-order valence-electron chi connectivity index (χ3n) is 4.66. The van der Waals surface area contributed by atoms with E-state index in [4.69, 9.17) is 27.9 Å². The van der Waals surface area contributed by atoms with Crippen molar-refractivity contribution < 1.29 is 14.3 Å². The van der Waals surface area contributed by atoms with Crippen molar-refractivity contribution in [3.63, 3.8) is 0 Å². The van der Waals surface area contributed by atoms with Crippen LogP contribution < -0.4 is 15.6 Å². The molecule has 2 amide bonds. The third-order valence-corrected chi connectivity index (χ3v) is 5.20. The van der Waals surface area contributed by atoms with E-state index >= 15 is 0 Å². The van der Waals surface area contributed by atoms with Crippen LogP contribution in [0.4, 0.5) is 0 Å². The fourth-order valence-electron chi connectivity index (χ4n) is 3.09. The lowest BCUT2D eigenvalue weighted by Gasteiger charge is -2.09. The molecule has 9 heteroatoms. The number of hydrogen-bond acceptors (Lipinski definition) is 4. The van der Waals surface area contributed by atoms with E-state index < -0.39 is 5.91 Å². The fourth-order valence-corrected chi connectivity index (χ4v) is 3.58. The Kier molecular flexibility index (Phi) is 7.20. The van der Waals surface area contributed by atoms with Gasteiger partial charge in [0.05, 0.1) is 29.4 Å². The highest BCUT2D eigenvalue weighted by Gasteiger charge is 2.18. The van der Waals surface area contributed by atoms with Crippen molar-refractivity contribution >= 4 is 35.0 Å². The van der Waals surface area contributed by atoms with Crippen LogP contribution in [0.1, 0.15) is 34.2 Å². The number of amides is 2. The lowest BCUT2D eigenvalue weighted by atomic mass is 10.1. The first-order valence-electron chi connectivity index (χ1n) is 9.62. The molecule has 3 rings (SSSR count). The van der Waals surface area contributed by atoms with Gasteiger partial charge in [-0.05, 0) is 63.2 Å². The first-order valence-corrected chi connectivity index (χ1v) is 10.4. The van der Waals surface area contributed by atoms with E-state index in [1.54, 1.807) is 47.1 Å². The average molecular weight is 461 g/mol. The molecule has 1 aromatic heterocycles. The summed E-state index contributed by atoms with van der Waals surface area (Å²) in [7, 11) is 0. The molecule has 7 nitrogen and oxygen atoms in total. The maximum Gasteiger partial charge on any atom is 0.269 e. The number of rotatable bonds is 6. The Labute approximate surface area is 190 Å². The zero-order chi connectivity index (χ0) is 22.5. The van der Waals surface area contributed by atoms with Gasteiger partial charge in [0.15, 0.2) is 0 Å². The number of hydrogen-bond donors (Lipinski definition) is 2. The van der Waals surface area contributed by atoms with Gasteiger partial charge >= 0.3 is 0 Å². The summed E-state index contributed by atoms with van der Waals surface area (Å²) >= 11 is 12.3. The molecule has 0 saturated carbocycles. The Morgan fingerprint density at radius 3 is 2.42 bits per heavy atom. The number of ether oxygens (including phenoxy) is 1. The topological polar surface area (TPSA) is 85.2 Å². The van der Waals surface area contributed by atoms with E-state index in [0.29, 0.717) is 39.3 Å². The lowest BCUT2D eigenvalue weighted by Crippen LogP contribution is -2.42. The van der Waals surface area contributed by atoms with E-state index in [-0.39, 0.29) is 12.3 Å². The van der Waals surface area contributed by atoms with E-state index in [1.165, 1.54) is 0 Å². The van der Waals surface area contributed by atoms with Crippen molar-refractivity contribution in [2.45, 2.75) is 27.2 Å². The van der Waals surface area contributed by atoms with Crippen LogP contribution in [0.15, 0.2) is 42.5 Å². The van der Waals surface area contributed by atoms with Crippen LogP contribution in [-0.2, 0) is 11.2 Å². The van der Waals surface area contributed by atoms with Crippen LogP contribution in [0.5, 0.6) is 5.75 Å². The van der Waals surface area contributed by atoms with Gasteiger partial charge < -0.3 is 4.74 Å². The SMILES string of the molecule is CCOc1ccc(C(=O)NNC(=O)Cc2c(C)nn(-c3ccc(Cl)cc3Cl)c2C)cc1. The number of aromatic nitrogens is 2. The molecule has 0 bridgehead atoms. The summed E-state index contributed by atoms with van der Waals surface area (Å²) in [6, 6.07) is 11.8. The summed E-state index contributed by atoms with van der Waals surface area (Å²) in [5.74, 6) is -0.118. The highest BCUT2D eigenvalue weighted by molar-refractivity contribution is 6.35. The van der Waals surface area contributed by atoms with Crippen molar-refractivity contribution in [3.05, 3.63) is 75.0 Å². The Balaban J connectivity index is 1.65. The molecular formula is C22H22Cl2N4O3. The number of nitrogens with one attached hydrogen (secondary N) is 2. The Hall–Kier alpha value is -3.03. The molecule has 0 atom stereocenters. The summed E-state index contributed by atoms with van der Waals surface area (Å²) in [4.78, 5) is 24.7. The minimum atomic E-state index is -0.423. The van der Waals surface area contributed by atoms with Gasteiger partial charge in [-0.15, -0.1) is 0 Å². The number of benzene rings is 2. The van der Waals surface area contributed by atoms with Crippen LogP contribution in [-0.4, -0.2) is 28.2 Å². The third kappa shape index (κ3) is 5.37. The first-order chi connectivity index (χ1) is 14.8. The minimum absolute atomic E-state index is 0.0480. The van der Waals surface area contributed by atoms with Crippen molar-refractivity contribution in [1.82, 2.24) is 20.6 Å². The van der Waals surface area contributed by atoms with Gasteiger partial charge in [-0.25, -0.2) is 4.68 Å². The summed E-state index contributed by atoms with van der Waals surface area (Å²) in [5.41, 5.74) is 8.15. The fraction of sp³-hybridized carbons (Fsp3) is 0.227. The molecule has 0 aliphatic carbocycles. The molecule has 0 radical (unpaired) electrons. The number of carbonyl (C=O) groups excluding carboxylic acids is 2. The van der Waals surface area contributed by atoms with Crippen molar-refractivity contribution in [1.29, 1.82) is 0 Å². The molecule has 0 saturated heterocycles. The second kappa shape index (κ2) is 9.85. The van der Waals surface area contributed by atoms with Gasteiger partial charge in [-0.3, -0.25) is 20.4 Å². The van der Waals surface area contributed by atoms with Crippen molar-refractivity contribution in [2.75, 3.05) is 6.61 Å². The zero-order valence-corrected chi connectivity index (χ0v) is 18.8. The lowest BCUT2D eigenvalue weighted by molar-refractivity contribution is -0.121. The second-order valence-corrected chi connectivity index (χ2v) is 7.64. The highest BCUT2D eigenvalue weighted by Crippen LogP contribution is 2.27. The normalized spacial score (nSPS) is 10.6. The smallest absolute Gasteiger partial charge is 0.269 e. The van der Waals surface area contributed by atoms with Crippen LogP contribution in [0.25, 0.3) is 5.69 Å². The van der Waals surface area contributed by atoms with Crippen molar-refractivity contribution in [3.8, 4) is 11.4 Å². The second-order valence-electron chi connectivity index (χ2n) is 6.79. The van der Waals surface area contributed by atoms with Gasteiger partial charge in [0.25, 0.3) is 5.91 Å². The summed E-state index contributed by atoms with van der Waals surface area (Å²) < 4.78 is 7.03. The monoisotopic (exact) mass is 460 g/mol. The molecule has 2 N–H and O–H groups in total. The average Bonchev–Trinajstić information content (AvgIpc) is 3.01. The molecule has 0 spiro atoms. The predicted octanol–water partition coefficient (Wildman–Crippen LogP) is 4.20. The predicted molar refractivity (Wildman–Crippen MR) is 120 cm³/mol. The summed E-state index contributed by atoms with van der Waals surface area (Å²) in [6.45, 7) is 6.09. The van der Waals surface area contributed by atoms with Gasteiger partial charge in [0.1, 0.15) is 5.75 Å². The maximum absolute atomic E-state index is 12.4. The van der Waals surface area contributed by atoms with Crippen LogP contribution in [0.3, 0.4) is 0 Å². The number of carbonyl (C=O) groups is 2. The largest absolute Gasteiger partial charge is 0.494 e. The van der Waals surface area contributed by atoms with Gasteiger partial charge in [0, 0.05) is 21.8 Å². The molecule has 3 aromatic rings. The molecule has 0 fully saturated rings. The molecule has 0 aliphatic rings. The van der Waals surface area contributed by atoms with E-state index in [1.807, 2.05) is 20.8 Å². The van der Waals surface area contributed by atoms with Crippen molar-refractivity contribution in [2.24, 2.45) is 0 Å². The van der Waals surface area contributed by atoms with Gasteiger partial charge in [-0.1, -0.05) is 23.2 Å². The summed E-state index contributed by atoms with van der Waals surface area (Å²) in [5, 5.41) is 5.48. The number of halogens is 2. The molecule has 31 heavy (non-hydrogen) atoms. The Bertz CT molecular complexity index is 1110. The van der Waals surface area contributed by atoms with Gasteiger partial charge in [-0.2, -0.15) is 5.10 Å². The first kappa shape index (κ1) is 22.7. The number of nitrogens with zero attached hydrogens (tertiary/aromatic N) is 2. The molecule has 162 valence electrons. The minimum Gasteiger partial charge on any atom is -0.494 e. The highest BCUT2D eigenvalue weighted by atomic mass is 35.5. The number of aryl methyl sites for hydroxylation is 1. The molecule has 2 aromatic carbocycles. The molecule has 1 heterocycles. The molecular weight excluding hydrogens is 439 g/mol. The van der Waals surface area contributed by atoms with E-state index in [0.717, 1.165) is 11.3 Å². The van der Waals surface area contributed by atoms with E-state index in [2.05, 4.69) is 16.0 Å². The Morgan fingerprint density at radius 2 is 1.77 bits per heavy atom. The van der Waals surface area contributed by atoms with E-state index in [9.17, 15) is 9.59 Å². The standard InChI is InChI=1S/C22H22Cl2N4O3/c1-4-31-17-8-5-15(6-9-17)22(30)26-25-21(29)12-18-13(2)27-28(14(18)3)20-10-7-16(23)11-19(20)24/h5-11H,4,12H2,1-3H3,(H,25,29)(H,26,30). The molecule has 0 aliphatic heterocycles. The van der Waals surface area contributed by atoms with Gasteiger partial charge in [0.2, 0.25) is 5.91 Å². The van der Waals surface area contributed by atoms with Crippen LogP contribution in [0.2, 0.25) is 10.0 Å². The molecule has 0 unspecified atom stereocenters. The van der Waals surface area contributed by atoms with Crippen LogP contribution in [0, 0.1) is 13.8 Å². The van der Waals surface area contributed by atoms with Crippen LogP contribution >= 0.6 is 23.2 Å². The number of hydrazine groups is 1. The zero-order valence-electron chi connectivity index (χ0n) is 17.3. The summed E-state index contributed by atoms with van der Waals surface area (Å²) in [6.07, 6.45) is 0.0480. The maximum atomic E-state index is 12.4. The Morgan fingerprint density at radius 1 is 1.06 bits per heavy atom. The quantitative estimate of drug-likeness (QED) is 0.539.